The molecule has 2 rings (SSSR count). The molecule has 0 saturated carbocycles. The van der Waals surface area contributed by atoms with Gasteiger partial charge in [0.25, 0.3) is 0 Å². The van der Waals surface area contributed by atoms with Crippen LogP contribution in [0, 0.1) is 0 Å². The van der Waals surface area contributed by atoms with Crippen LogP contribution in [0.2, 0.25) is 0 Å². The molecule has 4 atom stereocenters. The molecule has 4 unspecified atom stereocenters. The summed E-state index contributed by atoms with van der Waals surface area (Å²) < 4.78 is 15.4. The van der Waals surface area contributed by atoms with Gasteiger partial charge < -0.3 is 19.3 Å². The van der Waals surface area contributed by atoms with Crippen molar-refractivity contribution in [3.8, 4) is 0 Å². The molecule has 0 aromatic rings. The van der Waals surface area contributed by atoms with Crippen molar-refractivity contribution >= 4 is 0 Å². The molecule has 11 heavy (non-hydrogen) atoms. The summed E-state index contributed by atoms with van der Waals surface area (Å²) in [5.74, 6) is 0. The molecule has 0 aromatic heterocycles. The van der Waals surface area contributed by atoms with E-state index in [2.05, 4.69) is 0 Å². The summed E-state index contributed by atoms with van der Waals surface area (Å²) in [7, 11) is 0. The Bertz CT molecular complexity index is 149. The first-order valence-electron chi connectivity index (χ1n) is 3.89. The van der Waals surface area contributed by atoms with Crippen LogP contribution < -0.4 is 0 Å². The molecule has 0 aromatic carbocycles. The van der Waals surface area contributed by atoms with Crippen LogP contribution in [0.15, 0.2) is 0 Å². The van der Waals surface area contributed by atoms with Crippen molar-refractivity contribution in [1.82, 2.24) is 0 Å². The van der Waals surface area contributed by atoms with E-state index in [-0.39, 0.29) is 12.2 Å². The van der Waals surface area contributed by atoms with Gasteiger partial charge in [0.2, 0.25) is 0 Å². The summed E-state index contributed by atoms with van der Waals surface area (Å²) >= 11 is 0. The third kappa shape index (κ3) is 1.27. The predicted octanol–water partition coefficient (Wildman–Crippen LogP) is -0.493. The zero-order valence-electron chi connectivity index (χ0n) is 6.40. The summed E-state index contributed by atoms with van der Waals surface area (Å²) in [6.07, 6.45) is -1.01. The van der Waals surface area contributed by atoms with E-state index in [9.17, 15) is 5.11 Å². The second-order valence-corrected chi connectivity index (χ2v) is 2.79. The van der Waals surface area contributed by atoms with E-state index in [0.717, 1.165) is 0 Å². The quantitative estimate of drug-likeness (QED) is 0.554. The van der Waals surface area contributed by atoms with Crippen LogP contribution in [0.1, 0.15) is 6.92 Å². The van der Waals surface area contributed by atoms with Gasteiger partial charge in [-0.2, -0.15) is 0 Å². The van der Waals surface area contributed by atoms with Gasteiger partial charge in [0.15, 0.2) is 6.29 Å². The molecule has 0 aliphatic carbocycles. The third-order valence-corrected chi connectivity index (χ3v) is 1.99. The Morgan fingerprint density at radius 1 is 1.64 bits per heavy atom. The topological polar surface area (TPSA) is 51.2 Å². The van der Waals surface area contributed by atoms with Crippen molar-refractivity contribution in [3.63, 3.8) is 0 Å². The number of aliphatic hydroxyl groups excluding tert-OH is 1. The fraction of sp³-hybridized carbons (Fsp3) is 1.00. The summed E-state index contributed by atoms with van der Waals surface area (Å²) in [5.41, 5.74) is 0. The number of aliphatic hydroxyl groups is 1. The van der Waals surface area contributed by atoms with Crippen molar-refractivity contribution in [2.75, 3.05) is 13.2 Å². The highest BCUT2D eigenvalue weighted by Gasteiger charge is 2.52. The molecule has 0 spiro atoms. The van der Waals surface area contributed by atoms with Crippen molar-refractivity contribution < 1.29 is 19.3 Å². The summed E-state index contributed by atoms with van der Waals surface area (Å²) in [5, 5.41) is 9.44. The molecule has 0 bridgehead atoms. The Morgan fingerprint density at radius 2 is 2.45 bits per heavy atom. The number of rotatable bonds is 2. The normalized spacial score (nSPS) is 48.5. The third-order valence-electron chi connectivity index (χ3n) is 1.99. The number of epoxide rings is 1. The van der Waals surface area contributed by atoms with Gasteiger partial charge in [-0.25, -0.2) is 0 Å². The average Bonchev–Trinajstić information content (AvgIpc) is 2.75. The molecule has 2 fully saturated rings. The zero-order valence-corrected chi connectivity index (χ0v) is 6.40. The lowest BCUT2D eigenvalue weighted by Crippen LogP contribution is -2.41. The standard InChI is InChI=1S/C7H12O4/c1-2-9-7-5(8)6-4(11-6)3-10-7/h4-8H,2-3H2,1H3. The van der Waals surface area contributed by atoms with Gasteiger partial charge in [-0.15, -0.1) is 0 Å². The molecular weight excluding hydrogens is 148 g/mol. The highest BCUT2D eigenvalue weighted by atomic mass is 16.7. The fourth-order valence-electron chi connectivity index (χ4n) is 1.35. The van der Waals surface area contributed by atoms with Crippen LogP contribution in [-0.2, 0) is 14.2 Å². The van der Waals surface area contributed by atoms with Crippen LogP contribution in [0.4, 0.5) is 0 Å². The average molecular weight is 160 g/mol. The van der Waals surface area contributed by atoms with E-state index in [4.69, 9.17) is 14.2 Å². The van der Waals surface area contributed by atoms with Crippen LogP contribution in [0.25, 0.3) is 0 Å². The Kier molecular flexibility index (Phi) is 1.85. The summed E-state index contributed by atoms with van der Waals surface area (Å²) in [4.78, 5) is 0. The number of hydrogen-bond acceptors (Lipinski definition) is 4. The lowest BCUT2D eigenvalue weighted by Gasteiger charge is -2.24. The molecular formula is C7H12O4. The molecule has 4 nitrogen and oxygen atoms in total. The first-order valence-corrected chi connectivity index (χ1v) is 3.89. The SMILES string of the molecule is CCOC1OCC2OC2C1O. The van der Waals surface area contributed by atoms with Crippen LogP contribution >= 0.6 is 0 Å². The van der Waals surface area contributed by atoms with Crippen molar-refractivity contribution in [3.05, 3.63) is 0 Å². The van der Waals surface area contributed by atoms with Gasteiger partial charge in [0.05, 0.1) is 6.61 Å². The first kappa shape index (κ1) is 7.49. The van der Waals surface area contributed by atoms with Crippen LogP contribution in [0.3, 0.4) is 0 Å². The van der Waals surface area contributed by atoms with Gasteiger partial charge in [0.1, 0.15) is 18.3 Å². The van der Waals surface area contributed by atoms with Gasteiger partial charge in [-0.05, 0) is 6.92 Å². The smallest absolute Gasteiger partial charge is 0.186 e. The van der Waals surface area contributed by atoms with Gasteiger partial charge >= 0.3 is 0 Å². The Hall–Kier alpha value is -0.160. The second-order valence-electron chi connectivity index (χ2n) is 2.79. The molecule has 64 valence electrons. The zero-order chi connectivity index (χ0) is 7.84. The molecule has 0 radical (unpaired) electrons. The number of fused-ring (bicyclic) bond motifs is 1. The van der Waals surface area contributed by atoms with E-state index in [1.165, 1.54) is 0 Å². The summed E-state index contributed by atoms with van der Waals surface area (Å²) in [6.45, 7) is 2.97. The number of hydrogen-bond donors (Lipinski definition) is 1. The van der Waals surface area contributed by atoms with Crippen molar-refractivity contribution in [1.29, 1.82) is 0 Å². The summed E-state index contributed by atoms with van der Waals surface area (Å²) in [6, 6.07) is 0. The first-order chi connectivity index (χ1) is 5.33. The van der Waals surface area contributed by atoms with Gasteiger partial charge in [-0.1, -0.05) is 0 Å². The van der Waals surface area contributed by atoms with E-state index in [0.29, 0.717) is 13.2 Å². The Balaban J connectivity index is 1.89. The minimum absolute atomic E-state index is 0.0414. The molecule has 4 heteroatoms. The molecule has 2 saturated heterocycles. The molecule has 0 amide bonds. The van der Waals surface area contributed by atoms with E-state index in [1.54, 1.807) is 0 Å². The van der Waals surface area contributed by atoms with Crippen LogP contribution in [0.5, 0.6) is 0 Å². The molecule has 2 aliphatic rings. The predicted molar refractivity (Wildman–Crippen MR) is 36.0 cm³/mol. The van der Waals surface area contributed by atoms with Crippen LogP contribution in [-0.4, -0.2) is 42.9 Å². The van der Waals surface area contributed by atoms with E-state index < -0.39 is 12.4 Å². The minimum atomic E-state index is -0.603. The monoisotopic (exact) mass is 160 g/mol. The van der Waals surface area contributed by atoms with Gasteiger partial charge in [-0.3, -0.25) is 0 Å². The van der Waals surface area contributed by atoms with E-state index >= 15 is 0 Å². The van der Waals surface area contributed by atoms with E-state index in [1.807, 2.05) is 6.92 Å². The lowest BCUT2D eigenvalue weighted by molar-refractivity contribution is -0.203. The van der Waals surface area contributed by atoms with Gasteiger partial charge in [0, 0.05) is 6.61 Å². The molecule has 1 N–H and O–H groups in total. The maximum Gasteiger partial charge on any atom is 0.186 e. The maximum atomic E-state index is 9.44. The largest absolute Gasteiger partial charge is 0.385 e. The molecule has 2 aliphatic heterocycles. The Morgan fingerprint density at radius 3 is 3.18 bits per heavy atom. The maximum absolute atomic E-state index is 9.44. The number of ether oxygens (including phenoxy) is 3. The Labute approximate surface area is 65.1 Å². The highest BCUT2D eigenvalue weighted by Crippen LogP contribution is 2.33. The lowest BCUT2D eigenvalue weighted by atomic mass is 10.1. The van der Waals surface area contributed by atoms with Crippen molar-refractivity contribution in [2.24, 2.45) is 0 Å². The van der Waals surface area contributed by atoms with Crippen molar-refractivity contribution in [2.45, 2.75) is 31.5 Å². The minimum Gasteiger partial charge on any atom is -0.385 e. The fourth-order valence-corrected chi connectivity index (χ4v) is 1.35. The second kappa shape index (κ2) is 2.71. The highest BCUT2D eigenvalue weighted by molar-refractivity contribution is 4.95. The molecule has 2 heterocycles.